The predicted octanol–water partition coefficient (Wildman–Crippen LogP) is 1.56. The SMILES string of the molecule is CC(O)CNC(=O)c1ccc2c(c1)[nH]c(=O)n2C1CCCC1. The summed E-state index contributed by atoms with van der Waals surface area (Å²) in [5.74, 6) is -0.253. The van der Waals surface area contributed by atoms with Crippen molar-refractivity contribution in [2.24, 2.45) is 0 Å². The van der Waals surface area contributed by atoms with Crippen LogP contribution in [0.2, 0.25) is 0 Å². The zero-order valence-electron chi connectivity index (χ0n) is 12.6. The normalized spacial score (nSPS) is 17.0. The fourth-order valence-corrected chi connectivity index (χ4v) is 3.14. The van der Waals surface area contributed by atoms with E-state index in [2.05, 4.69) is 10.3 Å². The van der Waals surface area contributed by atoms with E-state index in [1.807, 2.05) is 10.6 Å². The molecule has 1 fully saturated rings. The molecule has 3 rings (SSSR count). The molecule has 22 heavy (non-hydrogen) atoms. The topological polar surface area (TPSA) is 87.1 Å². The summed E-state index contributed by atoms with van der Waals surface area (Å²) in [6.07, 6.45) is 3.79. The number of fused-ring (bicyclic) bond motifs is 1. The second kappa shape index (κ2) is 5.96. The summed E-state index contributed by atoms with van der Waals surface area (Å²) in [6.45, 7) is 1.82. The summed E-state index contributed by atoms with van der Waals surface area (Å²) < 4.78 is 1.82. The number of carbonyl (C=O) groups is 1. The summed E-state index contributed by atoms with van der Waals surface area (Å²) in [6, 6.07) is 5.50. The highest BCUT2D eigenvalue weighted by molar-refractivity contribution is 5.97. The molecule has 0 radical (unpaired) electrons. The number of aromatic nitrogens is 2. The first-order chi connectivity index (χ1) is 10.6. The van der Waals surface area contributed by atoms with E-state index in [4.69, 9.17) is 0 Å². The van der Waals surface area contributed by atoms with Crippen LogP contribution in [-0.2, 0) is 0 Å². The monoisotopic (exact) mass is 303 g/mol. The van der Waals surface area contributed by atoms with Gasteiger partial charge in [0.25, 0.3) is 5.91 Å². The molecule has 1 saturated carbocycles. The van der Waals surface area contributed by atoms with E-state index in [0.717, 1.165) is 31.2 Å². The quantitative estimate of drug-likeness (QED) is 0.801. The van der Waals surface area contributed by atoms with Gasteiger partial charge in [-0.3, -0.25) is 9.36 Å². The van der Waals surface area contributed by atoms with E-state index in [1.54, 1.807) is 19.1 Å². The minimum Gasteiger partial charge on any atom is -0.392 e. The van der Waals surface area contributed by atoms with E-state index in [1.165, 1.54) is 0 Å². The number of aliphatic hydroxyl groups is 1. The van der Waals surface area contributed by atoms with Crippen molar-refractivity contribution in [3.8, 4) is 0 Å². The van der Waals surface area contributed by atoms with Gasteiger partial charge >= 0.3 is 5.69 Å². The maximum Gasteiger partial charge on any atom is 0.326 e. The first-order valence-corrected chi connectivity index (χ1v) is 7.77. The van der Waals surface area contributed by atoms with Gasteiger partial charge in [0, 0.05) is 18.2 Å². The molecule has 6 nitrogen and oxygen atoms in total. The third-order valence-electron chi connectivity index (χ3n) is 4.23. The smallest absolute Gasteiger partial charge is 0.326 e. The van der Waals surface area contributed by atoms with Crippen LogP contribution in [0.25, 0.3) is 11.0 Å². The Morgan fingerprint density at radius 3 is 2.86 bits per heavy atom. The predicted molar refractivity (Wildman–Crippen MR) is 84.1 cm³/mol. The van der Waals surface area contributed by atoms with Gasteiger partial charge in [-0.15, -0.1) is 0 Å². The molecule has 1 atom stereocenters. The van der Waals surface area contributed by atoms with Gasteiger partial charge < -0.3 is 15.4 Å². The minimum absolute atomic E-state index is 0.108. The number of imidazole rings is 1. The molecule has 1 aromatic heterocycles. The molecule has 1 amide bonds. The summed E-state index contributed by atoms with van der Waals surface area (Å²) in [7, 11) is 0. The van der Waals surface area contributed by atoms with E-state index >= 15 is 0 Å². The Kier molecular flexibility index (Phi) is 4.02. The zero-order chi connectivity index (χ0) is 15.7. The molecule has 0 bridgehead atoms. The highest BCUT2D eigenvalue weighted by atomic mass is 16.3. The van der Waals surface area contributed by atoms with Crippen molar-refractivity contribution in [2.75, 3.05) is 6.54 Å². The number of nitrogens with zero attached hydrogens (tertiary/aromatic N) is 1. The van der Waals surface area contributed by atoms with Crippen molar-refractivity contribution in [1.29, 1.82) is 0 Å². The van der Waals surface area contributed by atoms with E-state index in [9.17, 15) is 14.7 Å². The Bertz CT molecular complexity index is 739. The fraction of sp³-hybridized carbons (Fsp3) is 0.500. The molecule has 1 aromatic carbocycles. The molecule has 118 valence electrons. The van der Waals surface area contributed by atoms with Gasteiger partial charge in [0.1, 0.15) is 0 Å². The lowest BCUT2D eigenvalue weighted by molar-refractivity contribution is 0.0924. The van der Waals surface area contributed by atoms with E-state index in [-0.39, 0.29) is 24.2 Å². The molecule has 0 aliphatic heterocycles. The standard InChI is InChI=1S/C16H21N3O3/c1-10(20)9-17-15(21)11-6-7-14-13(8-11)18-16(22)19(14)12-4-2-3-5-12/h6-8,10,12,20H,2-5,9H2,1H3,(H,17,21)(H,18,22). The van der Waals surface area contributed by atoms with Gasteiger partial charge in [-0.25, -0.2) is 4.79 Å². The molecule has 1 heterocycles. The molecule has 0 spiro atoms. The second-order valence-electron chi connectivity index (χ2n) is 6.03. The van der Waals surface area contributed by atoms with Crippen LogP contribution in [-0.4, -0.2) is 33.2 Å². The van der Waals surface area contributed by atoms with Gasteiger partial charge in [-0.05, 0) is 38.0 Å². The molecule has 1 aliphatic rings. The molecule has 6 heteroatoms. The molecule has 1 unspecified atom stereocenters. The van der Waals surface area contributed by atoms with Gasteiger partial charge in [0.2, 0.25) is 0 Å². The Balaban J connectivity index is 1.91. The first kappa shape index (κ1) is 14.8. The third kappa shape index (κ3) is 2.78. The summed E-state index contributed by atoms with van der Waals surface area (Å²) in [5.41, 5.74) is 1.90. The van der Waals surface area contributed by atoms with Crippen molar-refractivity contribution in [3.63, 3.8) is 0 Å². The maximum atomic E-state index is 12.2. The van der Waals surface area contributed by atoms with Crippen LogP contribution in [0, 0.1) is 0 Å². The van der Waals surface area contributed by atoms with Crippen LogP contribution in [0.5, 0.6) is 0 Å². The number of aliphatic hydroxyl groups excluding tert-OH is 1. The van der Waals surface area contributed by atoms with Crippen LogP contribution in [0.4, 0.5) is 0 Å². The van der Waals surface area contributed by atoms with Gasteiger partial charge in [0.05, 0.1) is 17.1 Å². The molecular formula is C16H21N3O3. The molecular weight excluding hydrogens is 282 g/mol. The maximum absolute atomic E-state index is 12.2. The van der Waals surface area contributed by atoms with Crippen molar-refractivity contribution >= 4 is 16.9 Å². The lowest BCUT2D eigenvalue weighted by atomic mass is 10.1. The third-order valence-corrected chi connectivity index (χ3v) is 4.23. The lowest BCUT2D eigenvalue weighted by Gasteiger charge is -2.11. The second-order valence-corrected chi connectivity index (χ2v) is 6.03. The fourth-order valence-electron chi connectivity index (χ4n) is 3.14. The molecule has 2 aromatic rings. The summed E-state index contributed by atoms with van der Waals surface area (Å²) >= 11 is 0. The highest BCUT2D eigenvalue weighted by Gasteiger charge is 2.21. The summed E-state index contributed by atoms with van der Waals surface area (Å²) in [5, 5.41) is 11.9. The number of rotatable bonds is 4. The number of amides is 1. The van der Waals surface area contributed by atoms with E-state index < -0.39 is 6.10 Å². The Hall–Kier alpha value is -2.08. The number of hydrogen-bond acceptors (Lipinski definition) is 3. The Labute approximate surface area is 128 Å². The number of nitrogens with one attached hydrogen (secondary N) is 2. The first-order valence-electron chi connectivity index (χ1n) is 7.77. The average molecular weight is 303 g/mol. The summed E-state index contributed by atoms with van der Waals surface area (Å²) in [4.78, 5) is 27.1. The zero-order valence-corrected chi connectivity index (χ0v) is 12.6. The van der Waals surface area contributed by atoms with Crippen molar-refractivity contribution in [3.05, 3.63) is 34.2 Å². The van der Waals surface area contributed by atoms with Crippen LogP contribution in [0.3, 0.4) is 0 Å². The molecule has 1 aliphatic carbocycles. The Morgan fingerprint density at radius 2 is 2.18 bits per heavy atom. The number of H-pyrrole nitrogens is 1. The largest absolute Gasteiger partial charge is 0.392 e. The van der Waals surface area contributed by atoms with Crippen LogP contribution in [0.1, 0.15) is 49.0 Å². The van der Waals surface area contributed by atoms with Crippen molar-refractivity contribution in [2.45, 2.75) is 44.8 Å². The van der Waals surface area contributed by atoms with Crippen molar-refractivity contribution < 1.29 is 9.90 Å². The minimum atomic E-state index is -0.587. The lowest BCUT2D eigenvalue weighted by Crippen LogP contribution is -2.30. The number of benzene rings is 1. The number of carbonyl (C=O) groups excluding carboxylic acids is 1. The number of hydrogen-bond donors (Lipinski definition) is 3. The molecule has 3 N–H and O–H groups in total. The van der Waals surface area contributed by atoms with Gasteiger partial charge in [-0.2, -0.15) is 0 Å². The van der Waals surface area contributed by atoms with Crippen LogP contribution >= 0.6 is 0 Å². The average Bonchev–Trinajstić information content (AvgIpc) is 3.09. The Morgan fingerprint density at radius 1 is 1.45 bits per heavy atom. The molecule has 0 saturated heterocycles. The van der Waals surface area contributed by atoms with Crippen LogP contribution in [0.15, 0.2) is 23.0 Å². The van der Waals surface area contributed by atoms with Crippen molar-refractivity contribution in [1.82, 2.24) is 14.9 Å². The highest BCUT2D eigenvalue weighted by Crippen LogP contribution is 2.30. The van der Waals surface area contributed by atoms with Crippen LogP contribution < -0.4 is 11.0 Å². The number of aromatic amines is 1. The van der Waals surface area contributed by atoms with E-state index in [0.29, 0.717) is 11.1 Å². The van der Waals surface area contributed by atoms with Gasteiger partial charge in [0.15, 0.2) is 0 Å². The van der Waals surface area contributed by atoms with Gasteiger partial charge in [-0.1, -0.05) is 12.8 Å².